The molecule has 0 aliphatic rings. The van der Waals surface area contributed by atoms with Gasteiger partial charge in [-0.1, -0.05) is 6.92 Å². The topological polar surface area (TPSA) is 49.3 Å². The van der Waals surface area contributed by atoms with E-state index < -0.39 is 11.5 Å². The van der Waals surface area contributed by atoms with Gasteiger partial charge in [-0.2, -0.15) is 0 Å². The van der Waals surface area contributed by atoms with Crippen LogP contribution in [-0.2, 0) is 4.79 Å². The first-order chi connectivity index (χ1) is 4.06. The molecule has 0 fully saturated rings. The summed E-state index contributed by atoms with van der Waals surface area (Å²) in [5.74, 6) is -0.799. The molecule has 0 spiro atoms. The van der Waals surface area contributed by atoms with Crippen LogP contribution in [-0.4, -0.2) is 23.7 Å². The Morgan fingerprint density at radius 3 is 2.22 bits per heavy atom. The van der Waals surface area contributed by atoms with Crippen LogP contribution in [0.1, 0.15) is 20.3 Å². The van der Waals surface area contributed by atoms with Crippen molar-refractivity contribution in [3.8, 4) is 0 Å². The molecular formula is C6H13NO2. The molecule has 54 valence electrons. The average Bonchev–Trinajstić information content (AvgIpc) is 1.86. The van der Waals surface area contributed by atoms with Crippen molar-refractivity contribution in [2.75, 3.05) is 7.05 Å². The number of hydrogen-bond donors (Lipinski definition) is 2. The second-order valence-electron chi connectivity index (χ2n) is 2.24. The van der Waals surface area contributed by atoms with Gasteiger partial charge in [0.05, 0.1) is 0 Å². The fourth-order valence-electron chi connectivity index (χ4n) is 0.435. The van der Waals surface area contributed by atoms with Crippen molar-refractivity contribution in [2.45, 2.75) is 25.8 Å². The van der Waals surface area contributed by atoms with Gasteiger partial charge in [0, 0.05) is 0 Å². The molecule has 0 amide bonds. The lowest BCUT2D eigenvalue weighted by atomic mass is 10.0. The van der Waals surface area contributed by atoms with Crippen molar-refractivity contribution in [2.24, 2.45) is 0 Å². The summed E-state index contributed by atoms with van der Waals surface area (Å²) in [7, 11) is 1.65. The summed E-state index contributed by atoms with van der Waals surface area (Å²) in [5.41, 5.74) is -0.750. The van der Waals surface area contributed by atoms with Gasteiger partial charge in [-0.3, -0.25) is 4.79 Å². The van der Waals surface area contributed by atoms with E-state index in [2.05, 4.69) is 5.32 Å². The number of hydrogen-bond acceptors (Lipinski definition) is 2. The van der Waals surface area contributed by atoms with Gasteiger partial charge in [0.1, 0.15) is 5.54 Å². The fraction of sp³-hybridized carbons (Fsp3) is 0.833. The van der Waals surface area contributed by atoms with Crippen molar-refractivity contribution in [3.05, 3.63) is 0 Å². The number of likely N-dealkylation sites (N-methyl/N-ethyl adjacent to an activating group) is 1. The Kier molecular flexibility index (Phi) is 2.65. The standard InChI is InChI=1S/C6H13NO2/c1-4-6(2,7-3)5(8)9/h7H,4H2,1-3H3,(H,8,9). The summed E-state index contributed by atoms with van der Waals surface area (Å²) in [4.78, 5) is 10.4. The normalized spacial score (nSPS) is 16.8. The third kappa shape index (κ3) is 1.68. The number of aliphatic carboxylic acids is 1. The molecular weight excluding hydrogens is 118 g/mol. The van der Waals surface area contributed by atoms with Crippen LogP contribution in [0.3, 0.4) is 0 Å². The van der Waals surface area contributed by atoms with E-state index in [1.54, 1.807) is 14.0 Å². The van der Waals surface area contributed by atoms with Crippen LogP contribution in [0, 0.1) is 0 Å². The monoisotopic (exact) mass is 131 g/mol. The van der Waals surface area contributed by atoms with E-state index in [0.29, 0.717) is 6.42 Å². The lowest BCUT2D eigenvalue weighted by Gasteiger charge is -2.21. The van der Waals surface area contributed by atoms with Crippen molar-refractivity contribution >= 4 is 5.97 Å². The third-order valence-corrected chi connectivity index (χ3v) is 1.73. The lowest BCUT2D eigenvalue weighted by Crippen LogP contribution is -2.46. The average molecular weight is 131 g/mol. The highest BCUT2D eigenvalue weighted by atomic mass is 16.4. The highest BCUT2D eigenvalue weighted by Gasteiger charge is 2.27. The lowest BCUT2D eigenvalue weighted by molar-refractivity contribution is -0.144. The Hall–Kier alpha value is -0.570. The number of carboxylic acids is 1. The largest absolute Gasteiger partial charge is 0.480 e. The summed E-state index contributed by atoms with van der Waals surface area (Å²) in [6.45, 7) is 3.50. The van der Waals surface area contributed by atoms with Crippen LogP contribution in [0.15, 0.2) is 0 Å². The Morgan fingerprint density at radius 1 is 1.78 bits per heavy atom. The molecule has 0 radical (unpaired) electrons. The minimum atomic E-state index is -0.799. The fourth-order valence-corrected chi connectivity index (χ4v) is 0.435. The molecule has 3 heteroatoms. The van der Waals surface area contributed by atoms with E-state index in [0.717, 1.165) is 0 Å². The summed E-state index contributed by atoms with van der Waals surface area (Å²) in [6.07, 6.45) is 0.596. The van der Waals surface area contributed by atoms with Gasteiger partial charge in [0.2, 0.25) is 0 Å². The molecule has 1 atom stereocenters. The van der Waals surface area contributed by atoms with Gasteiger partial charge in [-0.05, 0) is 20.4 Å². The molecule has 0 aromatic heterocycles. The molecule has 0 aliphatic carbocycles. The minimum absolute atomic E-state index is 0.596. The first-order valence-electron chi connectivity index (χ1n) is 2.99. The molecule has 0 saturated heterocycles. The molecule has 9 heavy (non-hydrogen) atoms. The summed E-state index contributed by atoms with van der Waals surface area (Å²) >= 11 is 0. The van der Waals surface area contributed by atoms with E-state index in [-0.39, 0.29) is 0 Å². The second-order valence-corrected chi connectivity index (χ2v) is 2.24. The predicted octanol–water partition coefficient (Wildman–Crippen LogP) is 0.459. The first kappa shape index (κ1) is 8.43. The zero-order valence-electron chi connectivity index (χ0n) is 6.06. The van der Waals surface area contributed by atoms with E-state index in [1.165, 1.54) is 0 Å². The zero-order valence-corrected chi connectivity index (χ0v) is 6.06. The Labute approximate surface area is 55.1 Å². The highest BCUT2D eigenvalue weighted by Crippen LogP contribution is 2.06. The molecule has 0 rings (SSSR count). The second kappa shape index (κ2) is 2.82. The molecule has 1 unspecified atom stereocenters. The molecule has 2 N–H and O–H groups in total. The maximum absolute atomic E-state index is 10.4. The molecule has 0 aromatic rings. The van der Waals surface area contributed by atoms with Crippen molar-refractivity contribution < 1.29 is 9.90 Å². The summed E-state index contributed by atoms with van der Waals surface area (Å²) in [5, 5.41) is 11.3. The van der Waals surface area contributed by atoms with Gasteiger partial charge in [0.15, 0.2) is 0 Å². The number of carboxylic acid groups (broad SMARTS) is 1. The van der Waals surface area contributed by atoms with Gasteiger partial charge in [0.25, 0.3) is 0 Å². The molecule has 3 nitrogen and oxygen atoms in total. The van der Waals surface area contributed by atoms with Crippen LogP contribution < -0.4 is 5.32 Å². The zero-order chi connectivity index (χ0) is 7.49. The predicted molar refractivity (Wildman–Crippen MR) is 35.4 cm³/mol. The van der Waals surface area contributed by atoms with Crippen molar-refractivity contribution in [3.63, 3.8) is 0 Å². The van der Waals surface area contributed by atoms with Crippen LogP contribution in [0.5, 0.6) is 0 Å². The highest BCUT2D eigenvalue weighted by molar-refractivity contribution is 5.77. The number of nitrogens with one attached hydrogen (secondary N) is 1. The molecule has 0 heterocycles. The Morgan fingerprint density at radius 2 is 2.22 bits per heavy atom. The SMILES string of the molecule is CCC(C)(NC)C(=O)O. The third-order valence-electron chi connectivity index (χ3n) is 1.73. The maximum Gasteiger partial charge on any atom is 0.323 e. The van der Waals surface area contributed by atoms with E-state index >= 15 is 0 Å². The smallest absolute Gasteiger partial charge is 0.323 e. The molecule has 0 bridgehead atoms. The Balaban J connectivity index is 4.09. The number of carbonyl (C=O) groups is 1. The minimum Gasteiger partial charge on any atom is -0.480 e. The van der Waals surface area contributed by atoms with Crippen LogP contribution in [0.4, 0.5) is 0 Å². The van der Waals surface area contributed by atoms with E-state index in [9.17, 15) is 4.79 Å². The van der Waals surface area contributed by atoms with E-state index in [1.807, 2.05) is 6.92 Å². The van der Waals surface area contributed by atoms with Crippen LogP contribution in [0.25, 0.3) is 0 Å². The quantitative estimate of drug-likeness (QED) is 0.585. The molecule has 0 aromatic carbocycles. The van der Waals surface area contributed by atoms with Gasteiger partial charge < -0.3 is 10.4 Å². The van der Waals surface area contributed by atoms with E-state index in [4.69, 9.17) is 5.11 Å². The Bertz CT molecular complexity index is 108. The summed E-state index contributed by atoms with van der Waals surface area (Å²) in [6, 6.07) is 0. The van der Waals surface area contributed by atoms with Gasteiger partial charge in [-0.25, -0.2) is 0 Å². The van der Waals surface area contributed by atoms with Gasteiger partial charge in [-0.15, -0.1) is 0 Å². The maximum atomic E-state index is 10.4. The van der Waals surface area contributed by atoms with Gasteiger partial charge >= 0.3 is 5.97 Å². The number of rotatable bonds is 3. The molecule has 0 aliphatic heterocycles. The van der Waals surface area contributed by atoms with Crippen LogP contribution in [0.2, 0.25) is 0 Å². The van der Waals surface area contributed by atoms with Crippen LogP contribution >= 0.6 is 0 Å². The molecule has 0 saturated carbocycles. The van der Waals surface area contributed by atoms with Crippen molar-refractivity contribution in [1.29, 1.82) is 0 Å². The van der Waals surface area contributed by atoms with Crippen molar-refractivity contribution in [1.82, 2.24) is 5.32 Å². The summed E-state index contributed by atoms with van der Waals surface area (Å²) < 4.78 is 0. The first-order valence-corrected chi connectivity index (χ1v) is 2.99.